The quantitative estimate of drug-likeness (QED) is 0.840. The molecule has 0 atom stereocenters. The van der Waals surface area contributed by atoms with E-state index in [1.165, 1.54) is 0 Å². The Morgan fingerprint density at radius 3 is 2.23 bits per heavy atom. The van der Waals surface area contributed by atoms with Crippen LogP contribution in [-0.2, 0) is 6.54 Å². The van der Waals surface area contributed by atoms with Crippen LogP contribution in [0.5, 0.6) is 5.75 Å². The summed E-state index contributed by atoms with van der Waals surface area (Å²) in [5, 5.41) is 10.3. The van der Waals surface area contributed by atoms with Crippen molar-refractivity contribution in [1.82, 2.24) is 9.47 Å². The van der Waals surface area contributed by atoms with E-state index in [-0.39, 0.29) is 11.2 Å². The highest BCUT2D eigenvalue weighted by molar-refractivity contribution is 5.31. The molecule has 0 unspecified atom stereocenters. The lowest BCUT2D eigenvalue weighted by molar-refractivity contribution is 0.203. The Bertz CT molecular complexity index is 561. The van der Waals surface area contributed by atoms with Crippen molar-refractivity contribution in [3.8, 4) is 5.75 Å². The highest BCUT2D eigenvalue weighted by Crippen LogP contribution is 2.38. The van der Waals surface area contributed by atoms with Crippen LogP contribution in [0.3, 0.4) is 0 Å². The van der Waals surface area contributed by atoms with Crippen LogP contribution < -0.4 is 5.43 Å². The Morgan fingerprint density at radius 2 is 1.77 bits per heavy atom. The third-order valence-corrected chi connectivity index (χ3v) is 4.05. The molecule has 0 spiro atoms. The molecule has 2 rings (SSSR count). The van der Waals surface area contributed by atoms with Gasteiger partial charge in [0.25, 0.3) is 0 Å². The summed E-state index contributed by atoms with van der Waals surface area (Å²) in [7, 11) is 0. The van der Waals surface area contributed by atoms with Crippen LogP contribution in [-0.4, -0.2) is 27.7 Å². The molecule has 124 valence electrons. The van der Waals surface area contributed by atoms with Crippen LogP contribution in [0.4, 0.5) is 0 Å². The van der Waals surface area contributed by atoms with Gasteiger partial charge in [-0.1, -0.05) is 27.7 Å². The first kappa shape index (κ1) is 17.1. The molecule has 0 aliphatic heterocycles. The van der Waals surface area contributed by atoms with Gasteiger partial charge < -0.3 is 9.67 Å². The van der Waals surface area contributed by atoms with E-state index >= 15 is 0 Å². The van der Waals surface area contributed by atoms with Gasteiger partial charge in [-0.2, -0.15) is 0 Å². The van der Waals surface area contributed by atoms with Crippen molar-refractivity contribution in [1.29, 1.82) is 0 Å². The van der Waals surface area contributed by atoms with E-state index < -0.39 is 0 Å². The monoisotopic (exact) mass is 306 g/mol. The van der Waals surface area contributed by atoms with E-state index in [4.69, 9.17) is 0 Å². The van der Waals surface area contributed by atoms with Crippen molar-refractivity contribution >= 4 is 0 Å². The SMILES string of the molecule is Cc1cc(=O)c(O)c(CN(CC(C)C)CC(C)C)n1C1CC1. The summed E-state index contributed by atoms with van der Waals surface area (Å²) in [6, 6.07) is 2.02. The lowest BCUT2D eigenvalue weighted by Gasteiger charge is -2.28. The number of pyridine rings is 1. The number of aromatic nitrogens is 1. The van der Waals surface area contributed by atoms with Crippen molar-refractivity contribution < 1.29 is 5.11 Å². The van der Waals surface area contributed by atoms with Gasteiger partial charge in [0, 0.05) is 37.4 Å². The van der Waals surface area contributed by atoms with Gasteiger partial charge in [-0.15, -0.1) is 0 Å². The number of aromatic hydroxyl groups is 1. The molecule has 0 radical (unpaired) electrons. The average molecular weight is 306 g/mol. The molecular weight excluding hydrogens is 276 g/mol. The Kier molecular flexibility index (Phi) is 5.32. The van der Waals surface area contributed by atoms with Crippen molar-refractivity contribution in [2.75, 3.05) is 13.1 Å². The Labute approximate surface area is 133 Å². The second kappa shape index (κ2) is 6.86. The van der Waals surface area contributed by atoms with E-state index in [1.54, 1.807) is 6.07 Å². The zero-order valence-electron chi connectivity index (χ0n) is 14.6. The van der Waals surface area contributed by atoms with Crippen molar-refractivity contribution in [3.05, 3.63) is 27.7 Å². The third-order valence-electron chi connectivity index (χ3n) is 4.05. The van der Waals surface area contributed by atoms with E-state index in [0.717, 1.165) is 37.3 Å². The first-order valence-electron chi connectivity index (χ1n) is 8.46. The van der Waals surface area contributed by atoms with Gasteiger partial charge in [-0.25, -0.2) is 0 Å². The van der Waals surface area contributed by atoms with Crippen molar-refractivity contribution in [2.24, 2.45) is 11.8 Å². The molecule has 0 bridgehead atoms. The van der Waals surface area contributed by atoms with Crippen LogP contribution in [0.15, 0.2) is 10.9 Å². The molecule has 4 heteroatoms. The summed E-state index contributed by atoms with van der Waals surface area (Å²) < 4.78 is 2.18. The van der Waals surface area contributed by atoms with Gasteiger partial charge in [0.2, 0.25) is 5.43 Å². The van der Waals surface area contributed by atoms with Crippen molar-refractivity contribution in [2.45, 2.75) is 60.0 Å². The number of hydrogen-bond acceptors (Lipinski definition) is 3. The van der Waals surface area contributed by atoms with Gasteiger partial charge in [0.15, 0.2) is 5.75 Å². The minimum Gasteiger partial charge on any atom is -0.503 e. The molecule has 0 amide bonds. The Balaban J connectivity index is 2.34. The minimum atomic E-state index is -0.251. The largest absolute Gasteiger partial charge is 0.503 e. The predicted molar refractivity (Wildman–Crippen MR) is 90.3 cm³/mol. The minimum absolute atomic E-state index is 0.0602. The van der Waals surface area contributed by atoms with Gasteiger partial charge in [0.05, 0.1) is 5.69 Å². The number of rotatable bonds is 7. The molecule has 1 saturated carbocycles. The first-order chi connectivity index (χ1) is 10.3. The molecule has 0 aromatic carbocycles. The lowest BCUT2D eigenvalue weighted by atomic mass is 10.1. The van der Waals surface area contributed by atoms with Crippen molar-refractivity contribution in [3.63, 3.8) is 0 Å². The lowest BCUT2D eigenvalue weighted by Crippen LogP contribution is -2.33. The number of nitrogens with zero attached hydrogens (tertiary/aromatic N) is 2. The maximum absolute atomic E-state index is 12.0. The van der Waals surface area contributed by atoms with Crippen LogP contribution in [0.2, 0.25) is 0 Å². The van der Waals surface area contributed by atoms with Gasteiger partial charge in [-0.3, -0.25) is 9.69 Å². The van der Waals surface area contributed by atoms with E-state index in [1.807, 2.05) is 6.92 Å². The fourth-order valence-electron chi connectivity index (χ4n) is 3.24. The van der Waals surface area contributed by atoms with Gasteiger partial charge in [0.1, 0.15) is 0 Å². The fourth-order valence-corrected chi connectivity index (χ4v) is 3.24. The normalized spacial score (nSPS) is 15.3. The topological polar surface area (TPSA) is 45.5 Å². The summed E-state index contributed by atoms with van der Waals surface area (Å²) in [5.74, 6) is 1.06. The summed E-state index contributed by atoms with van der Waals surface area (Å²) >= 11 is 0. The van der Waals surface area contributed by atoms with Crippen LogP contribution >= 0.6 is 0 Å². The predicted octanol–water partition coefficient (Wildman–Crippen LogP) is 3.31. The highest BCUT2D eigenvalue weighted by atomic mass is 16.3. The van der Waals surface area contributed by atoms with E-state index in [9.17, 15) is 9.90 Å². The third kappa shape index (κ3) is 4.13. The summed E-state index contributed by atoms with van der Waals surface area (Å²) in [6.07, 6.45) is 2.29. The zero-order chi connectivity index (χ0) is 16.4. The zero-order valence-corrected chi connectivity index (χ0v) is 14.6. The molecule has 0 saturated heterocycles. The molecule has 22 heavy (non-hydrogen) atoms. The number of hydrogen-bond donors (Lipinski definition) is 1. The second-order valence-corrected chi connectivity index (χ2v) is 7.53. The smallest absolute Gasteiger partial charge is 0.223 e. The Hall–Kier alpha value is -1.29. The van der Waals surface area contributed by atoms with E-state index in [2.05, 4.69) is 37.2 Å². The molecule has 1 aromatic heterocycles. The molecule has 1 fully saturated rings. The molecule has 1 heterocycles. The van der Waals surface area contributed by atoms with Crippen LogP contribution in [0.1, 0.15) is 58.0 Å². The van der Waals surface area contributed by atoms with Crippen LogP contribution in [0, 0.1) is 18.8 Å². The summed E-state index contributed by atoms with van der Waals surface area (Å²) in [5.41, 5.74) is 1.52. The summed E-state index contributed by atoms with van der Waals surface area (Å²) in [6.45, 7) is 13.4. The molecular formula is C18H30N2O2. The van der Waals surface area contributed by atoms with E-state index in [0.29, 0.717) is 24.4 Å². The molecule has 1 aromatic rings. The molecule has 4 nitrogen and oxygen atoms in total. The van der Waals surface area contributed by atoms with Crippen LogP contribution in [0.25, 0.3) is 0 Å². The second-order valence-electron chi connectivity index (χ2n) is 7.53. The maximum atomic E-state index is 12.0. The molecule has 1 aliphatic rings. The summed E-state index contributed by atoms with van der Waals surface area (Å²) in [4.78, 5) is 14.4. The average Bonchev–Trinajstić information content (AvgIpc) is 3.18. The standard InChI is InChI=1S/C18H30N2O2/c1-12(2)9-19(10-13(3)4)11-16-18(22)17(21)8-14(5)20(16)15-6-7-15/h8,12-13,15,22H,6-7,9-11H2,1-5H3. The number of aryl methyl sites for hydroxylation is 1. The fraction of sp³-hybridized carbons (Fsp3) is 0.722. The highest BCUT2D eigenvalue weighted by Gasteiger charge is 2.29. The molecule has 1 N–H and O–H groups in total. The molecule has 1 aliphatic carbocycles. The Morgan fingerprint density at radius 1 is 1.23 bits per heavy atom. The van der Waals surface area contributed by atoms with Gasteiger partial charge >= 0.3 is 0 Å². The maximum Gasteiger partial charge on any atom is 0.223 e. The van der Waals surface area contributed by atoms with Gasteiger partial charge in [-0.05, 0) is 31.6 Å². The first-order valence-corrected chi connectivity index (χ1v) is 8.46.